The molecule has 0 rings (SSSR count). The summed E-state index contributed by atoms with van der Waals surface area (Å²) in [5.41, 5.74) is 5.56. The normalized spacial score (nSPS) is 13.6. The van der Waals surface area contributed by atoms with Crippen molar-refractivity contribution in [3.8, 4) is 0 Å². The van der Waals surface area contributed by atoms with Gasteiger partial charge < -0.3 is 36.8 Å². The minimum absolute atomic E-state index is 0.242. The molecule has 3 atom stereocenters. The van der Waals surface area contributed by atoms with E-state index in [-0.39, 0.29) is 25.7 Å². The molecule has 0 spiro atoms. The highest BCUT2D eigenvalue weighted by Crippen LogP contribution is 2.03. The Bertz CT molecular complexity index is 621. The first-order chi connectivity index (χ1) is 12.9. The third-order valence-electron chi connectivity index (χ3n) is 3.56. The van der Waals surface area contributed by atoms with Crippen LogP contribution in [0.1, 0.15) is 38.5 Å². The van der Waals surface area contributed by atoms with Gasteiger partial charge in [-0.25, -0.2) is 9.59 Å². The van der Waals surface area contributed by atoms with Crippen molar-refractivity contribution in [1.82, 2.24) is 10.6 Å². The van der Waals surface area contributed by atoms with Gasteiger partial charge in [-0.05, 0) is 19.3 Å². The van der Waals surface area contributed by atoms with Crippen molar-refractivity contribution in [2.45, 2.75) is 56.7 Å². The van der Waals surface area contributed by atoms with E-state index in [2.05, 4.69) is 10.6 Å². The highest BCUT2D eigenvalue weighted by Gasteiger charge is 2.25. The molecule has 0 saturated carbocycles. The maximum Gasteiger partial charge on any atom is 0.326 e. The molecule has 13 nitrogen and oxygen atoms in total. The van der Waals surface area contributed by atoms with Gasteiger partial charge in [-0.15, -0.1) is 0 Å². The highest BCUT2D eigenvalue weighted by atomic mass is 16.4. The van der Waals surface area contributed by atoms with Gasteiger partial charge in [0, 0.05) is 19.3 Å². The number of carbonyl (C=O) groups excluding carboxylic acids is 2. The van der Waals surface area contributed by atoms with Crippen LogP contribution in [-0.4, -0.2) is 74.2 Å². The number of nitrogens with two attached hydrogens (primary N) is 1. The fourth-order valence-electron chi connectivity index (χ4n) is 2.01. The third kappa shape index (κ3) is 10.7. The molecule has 0 aliphatic heterocycles. The largest absolute Gasteiger partial charge is 0.481 e. The summed E-state index contributed by atoms with van der Waals surface area (Å²) in [5, 5.41) is 39.2. The summed E-state index contributed by atoms with van der Waals surface area (Å²) in [6, 6.07) is -4.17. The van der Waals surface area contributed by atoms with Gasteiger partial charge in [-0.3, -0.25) is 19.2 Å². The molecule has 0 saturated heterocycles. The lowest BCUT2D eigenvalue weighted by Crippen LogP contribution is -2.49. The second-order valence-corrected chi connectivity index (χ2v) is 5.87. The van der Waals surface area contributed by atoms with Gasteiger partial charge in [0.1, 0.15) is 12.1 Å². The number of aliphatic carboxylic acids is 4. The number of carboxylic acids is 4. The van der Waals surface area contributed by atoms with E-state index in [4.69, 9.17) is 26.2 Å². The molecule has 0 aromatic rings. The van der Waals surface area contributed by atoms with Crippen molar-refractivity contribution in [2.75, 3.05) is 0 Å². The Balaban J connectivity index is 4.53. The molecule has 0 heterocycles. The molecule has 0 fully saturated rings. The zero-order chi connectivity index (χ0) is 21.9. The number of amides is 2. The molecule has 0 aliphatic rings. The minimum atomic E-state index is -1.46. The average molecular weight is 405 g/mol. The maximum absolute atomic E-state index is 11.9. The fraction of sp³-hybridized carbons (Fsp3) is 0.600. The Kier molecular flexibility index (Phi) is 10.8. The molecule has 0 aromatic heterocycles. The molecule has 0 aliphatic carbocycles. The zero-order valence-electron chi connectivity index (χ0n) is 14.8. The number of carboxylic acid groups (broad SMARTS) is 4. The molecule has 13 heteroatoms. The first-order valence-corrected chi connectivity index (χ1v) is 8.18. The lowest BCUT2D eigenvalue weighted by molar-refractivity contribution is -0.143. The lowest BCUT2D eigenvalue weighted by Gasteiger charge is -2.18. The van der Waals surface area contributed by atoms with Gasteiger partial charge >= 0.3 is 23.9 Å². The van der Waals surface area contributed by atoms with Gasteiger partial charge in [-0.2, -0.15) is 0 Å². The van der Waals surface area contributed by atoms with E-state index in [0.717, 1.165) is 0 Å². The van der Waals surface area contributed by atoms with Crippen LogP contribution in [0.15, 0.2) is 0 Å². The molecule has 158 valence electrons. The third-order valence-corrected chi connectivity index (χ3v) is 3.56. The van der Waals surface area contributed by atoms with Crippen LogP contribution in [0.5, 0.6) is 0 Å². The van der Waals surface area contributed by atoms with E-state index in [1.807, 2.05) is 0 Å². The van der Waals surface area contributed by atoms with Crippen molar-refractivity contribution in [1.29, 1.82) is 0 Å². The SMILES string of the molecule is NC(CCC(=O)NC(CCC(=O)O)C(=O)O)C(=O)NC(CCC(=O)O)C(=O)O. The van der Waals surface area contributed by atoms with Crippen LogP contribution in [0.25, 0.3) is 0 Å². The minimum Gasteiger partial charge on any atom is -0.481 e. The number of rotatable bonds is 14. The second kappa shape index (κ2) is 12.2. The van der Waals surface area contributed by atoms with Gasteiger partial charge in [0.25, 0.3) is 0 Å². The van der Waals surface area contributed by atoms with E-state index in [9.17, 15) is 28.8 Å². The number of nitrogens with one attached hydrogen (secondary N) is 2. The number of hydrogen-bond donors (Lipinski definition) is 7. The van der Waals surface area contributed by atoms with Crippen molar-refractivity contribution in [3.63, 3.8) is 0 Å². The lowest BCUT2D eigenvalue weighted by atomic mass is 10.1. The predicted octanol–water partition coefficient (Wildman–Crippen LogP) is -2.04. The monoisotopic (exact) mass is 405 g/mol. The Labute approximate surface area is 158 Å². The molecule has 28 heavy (non-hydrogen) atoms. The van der Waals surface area contributed by atoms with E-state index in [1.54, 1.807) is 0 Å². The molecule has 2 amide bonds. The molecular weight excluding hydrogens is 382 g/mol. The highest BCUT2D eigenvalue weighted by molar-refractivity contribution is 5.88. The van der Waals surface area contributed by atoms with E-state index >= 15 is 0 Å². The second-order valence-electron chi connectivity index (χ2n) is 5.87. The maximum atomic E-state index is 11.9. The van der Waals surface area contributed by atoms with Crippen molar-refractivity contribution in [2.24, 2.45) is 5.73 Å². The summed E-state index contributed by atoms with van der Waals surface area (Å²) >= 11 is 0. The summed E-state index contributed by atoms with van der Waals surface area (Å²) in [6.07, 6.45) is -2.24. The van der Waals surface area contributed by atoms with Gasteiger partial charge in [-0.1, -0.05) is 0 Å². The molecular formula is C15H23N3O10. The van der Waals surface area contributed by atoms with Crippen LogP contribution in [0.2, 0.25) is 0 Å². The van der Waals surface area contributed by atoms with Gasteiger partial charge in [0.15, 0.2) is 0 Å². The fourth-order valence-corrected chi connectivity index (χ4v) is 2.01. The van der Waals surface area contributed by atoms with Crippen LogP contribution >= 0.6 is 0 Å². The molecule has 0 bridgehead atoms. The average Bonchev–Trinajstić information content (AvgIpc) is 2.58. The summed E-state index contributed by atoms with van der Waals surface area (Å²) in [4.78, 5) is 66.6. The topological polar surface area (TPSA) is 233 Å². The number of hydrogen-bond acceptors (Lipinski definition) is 7. The number of carbonyl (C=O) groups is 6. The molecule has 0 aromatic carbocycles. The van der Waals surface area contributed by atoms with Crippen LogP contribution < -0.4 is 16.4 Å². The summed E-state index contributed by atoms with van der Waals surface area (Å²) in [5.74, 6) is -7.01. The van der Waals surface area contributed by atoms with Crippen LogP contribution in [0.3, 0.4) is 0 Å². The van der Waals surface area contributed by atoms with Crippen LogP contribution in [-0.2, 0) is 28.8 Å². The van der Waals surface area contributed by atoms with E-state index < -0.39 is 66.7 Å². The van der Waals surface area contributed by atoms with E-state index in [0.29, 0.717) is 0 Å². The Morgan fingerprint density at radius 2 is 1.11 bits per heavy atom. The first-order valence-electron chi connectivity index (χ1n) is 8.18. The first kappa shape index (κ1) is 24.8. The van der Waals surface area contributed by atoms with Crippen molar-refractivity contribution < 1.29 is 49.2 Å². The Morgan fingerprint density at radius 1 is 0.679 bits per heavy atom. The Morgan fingerprint density at radius 3 is 1.50 bits per heavy atom. The van der Waals surface area contributed by atoms with Crippen molar-refractivity contribution in [3.05, 3.63) is 0 Å². The molecule has 3 unspecified atom stereocenters. The van der Waals surface area contributed by atoms with Gasteiger partial charge in [0.2, 0.25) is 11.8 Å². The predicted molar refractivity (Wildman–Crippen MR) is 90.1 cm³/mol. The zero-order valence-corrected chi connectivity index (χ0v) is 14.8. The summed E-state index contributed by atoms with van der Waals surface area (Å²) < 4.78 is 0. The Hall–Kier alpha value is -3.22. The van der Waals surface area contributed by atoms with E-state index in [1.165, 1.54) is 0 Å². The quantitative estimate of drug-likeness (QED) is 0.166. The summed E-state index contributed by atoms with van der Waals surface area (Å²) in [6.45, 7) is 0. The summed E-state index contributed by atoms with van der Waals surface area (Å²) in [7, 11) is 0. The van der Waals surface area contributed by atoms with Crippen molar-refractivity contribution >= 4 is 35.7 Å². The standard InChI is InChI=1S/C15H23N3O10/c16-7(13(24)18-9(15(27)28)3-6-12(22)23)1-4-10(19)17-8(14(25)26)2-5-11(20)21/h7-9H,1-6,16H2,(H,17,19)(H,18,24)(H,20,21)(H,22,23)(H,25,26)(H,27,28). The molecule has 0 radical (unpaired) electrons. The van der Waals surface area contributed by atoms with Gasteiger partial charge in [0.05, 0.1) is 6.04 Å². The smallest absolute Gasteiger partial charge is 0.326 e. The van der Waals surface area contributed by atoms with Crippen LogP contribution in [0.4, 0.5) is 0 Å². The van der Waals surface area contributed by atoms with Crippen LogP contribution in [0, 0.1) is 0 Å². The molecule has 8 N–H and O–H groups in total.